The maximum Gasteiger partial charge on any atom is 0.251 e. The number of aliphatic hydroxyl groups excluding tert-OH is 1. The van der Waals surface area contributed by atoms with Gasteiger partial charge in [-0.2, -0.15) is 0 Å². The molecule has 0 heterocycles. The first kappa shape index (κ1) is 16.0. The van der Waals surface area contributed by atoms with Gasteiger partial charge in [-0.05, 0) is 43.2 Å². The van der Waals surface area contributed by atoms with Gasteiger partial charge in [-0.15, -0.1) is 0 Å². The summed E-state index contributed by atoms with van der Waals surface area (Å²) in [6.45, 7) is 3.81. The van der Waals surface area contributed by atoms with Crippen molar-refractivity contribution in [3.8, 4) is 11.5 Å². The van der Waals surface area contributed by atoms with Crippen LogP contribution in [-0.2, 0) is 0 Å². The highest BCUT2D eigenvalue weighted by atomic mass is 16.5. The average Bonchev–Trinajstić information content (AvgIpc) is 2.55. The lowest BCUT2D eigenvalue weighted by Gasteiger charge is -2.19. The molecule has 0 spiro atoms. The number of amides is 1. The fourth-order valence-corrected chi connectivity index (χ4v) is 1.92. The van der Waals surface area contributed by atoms with Crippen molar-refractivity contribution in [3.63, 3.8) is 0 Å². The van der Waals surface area contributed by atoms with Gasteiger partial charge in [0, 0.05) is 18.2 Å². The van der Waals surface area contributed by atoms with Crippen LogP contribution in [0.4, 0.5) is 0 Å². The number of para-hydroxylation sites is 1. The van der Waals surface area contributed by atoms with Crippen molar-refractivity contribution in [1.82, 2.24) is 5.32 Å². The van der Waals surface area contributed by atoms with E-state index in [9.17, 15) is 4.79 Å². The van der Waals surface area contributed by atoms with Gasteiger partial charge in [0.25, 0.3) is 5.91 Å². The zero-order valence-electron chi connectivity index (χ0n) is 12.8. The summed E-state index contributed by atoms with van der Waals surface area (Å²) in [4.78, 5) is 12.2. The minimum Gasteiger partial charge on any atom is -0.457 e. The molecule has 2 rings (SSSR count). The zero-order valence-corrected chi connectivity index (χ0v) is 12.8. The van der Waals surface area contributed by atoms with Gasteiger partial charge in [0.2, 0.25) is 0 Å². The fourth-order valence-electron chi connectivity index (χ4n) is 1.92. The molecule has 0 fully saturated rings. The van der Waals surface area contributed by atoms with Crippen molar-refractivity contribution in [2.24, 2.45) is 5.92 Å². The number of ether oxygens (including phenoxy) is 1. The number of hydrogen-bond donors (Lipinski definition) is 2. The van der Waals surface area contributed by atoms with Crippen LogP contribution in [0.3, 0.4) is 0 Å². The van der Waals surface area contributed by atoms with E-state index in [-0.39, 0.29) is 24.5 Å². The number of benzene rings is 2. The second-order valence-corrected chi connectivity index (χ2v) is 5.36. The molecule has 2 aromatic rings. The van der Waals surface area contributed by atoms with Gasteiger partial charge in [-0.3, -0.25) is 4.79 Å². The Hall–Kier alpha value is -2.33. The first-order valence-corrected chi connectivity index (χ1v) is 7.35. The van der Waals surface area contributed by atoms with Gasteiger partial charge < -0.3 is 15.2 Å². The van der Waals surface area contributed by atoms with Crippen molar-refractivity contribution in [3.05, 3.63) is 60.2 Å². The van der Waals surface area contributed by atoms with E-state index in [0.29, 0.717) is 11.3 Å². The van der Waals surface area contributed by atoms with E-state index in [1.165, 1.54) is 0 Å². The highest BCUT2D eigenvalue weighted by Crippen LogP contribution is 2.21. The Morgan fingerprint density at radius 2 is 1.77 bits per heavy atom. The van der Waals surface area contributed by atoms with E-state index in [4.69, 9.17) is 9.84 Å². The maximum atomic E-state index is 12.2. The van der Waals surface area contributed by atoms with E-state index >= 15 is 0 Å². The number of carbonyl (C=O) groups is 1. The summed E-state index contributed by atoms with van der Waals surface area (Å²) in [5.74, 6) is 1.17. The highest BCUT2D eigenvalue weighted by molar-refractivity contribution is 5.94. The molecule has 0 bridgehead atoms. The normalized spacial score (nSPS) is 13.2. The lowest BCUT2D eigenvalue weighted by molar-refractivity contribution is 0.0916. The third-order valence-corrected chi connectivity index (χ3v) is 3.58. The molecule has 2 N–H and O–H groups in total. The fraction of sp³-hybridized carbons (Fsp3) is 0.278. The predicted octanol–water partition coefficient (Wildman–Crippen LogP) is 3.23. The van der Waals surface area contributed by atoms with Gasteiger partial charge in [0.1, 0.15) is 11.5 Å². The van der Waals surface area contributed by atoms with Crippen LogP contribution in [0.5, 0.6) is 11.5 Å². The molecule has 4 heteroatoms. The standard InChI is InChI=1S/C18H21NO3/c1-13(12-20)14(2)19-18(21)15-7-6-10-17(11-15)22-16-8-4-3-5-9-16/h3-11,13-14,20H,12H2,1-2H3,(H,19,21). The van der Waals surface area contributed by atoms with Gasteiger partial charge in [0.15, 0.2) is 0 Å². The Kier molecular flexibility index (Phi) is 5.55. The molecule has 0 radical (unpaired) electrons. The summed E-state index contributed by atoms with van der Waals surface area (Å²) in [6, 6.07) is 16.4. The number of rotatable bonds is 6. The van der Waals surface area contributed by atoms with Crippen LogP contribution in [0.2, 0.25) is 0 Å². The smallest absolute Gasteiger partial charge is 0.251 e. The quantitative estimate of drug-likeness (QED) is 0.861. The van der Waals surface area contributed by atoms with Crippen LogP contribution in [0, 0.1) is 5.92 Å². The predicted molar refractivity (Wildman–Crippen MR) is 86.1 cm³/mol. The van der Waals surface area contributed by atoms with Crippen molar-refractivity contribution >= 4 is 5.91 Å². The number of hydrogen-bond acceptors (Lipinski definition) is 3. The molecule has 2 unspecified atom stereocenters. The highest BCUT2D eigenvalue weighted by Gasteiger charge is 2.15. The molecule has 4 nitrogen and oxygen atoms in total. The summed E-state index contributed by atoms with van der Waals surface area (Å²) in [5, 5.41) is 12.0. The summed E-state index contributed by atoms with van der Waals surface area (Å²) in [7, 11) is 0. The minimum atomic E-state index is -0.175. The third-order valence-electron chi connectivity index (χ3n) is 3.58. The van der Waals surface area contributed by atoms with Crippen LogP contribution in [0.15, 0.2) is 54.6 Å². The summed E-state index contributed by atoms with van der Waals surface area (Å²) >= 11 is 0. The van der Waals surface area contributed by atoms with Crippen molar-refractivity contribution in [1.29, 1.82) is 0 Å². The molecule has 0 aliphatic heterocycles. The van der Waals surface area contributed by atoms with Crippen LogP contribution in [0.25, 0.3) is 0 Å². The lowest BCUT2D eigenvalue weighted by atomic mass is 10.0. The Balaban J connectivity index is 2.06. The number of aliphatic hydroxyl groups is 1. The first-order valence-electron chi connectivity index (χ1n) is 7.35. The van der Waals surface area contributed by atoms with Crippen LogP contribution in [0.1, 0.15) is 24.2 Å². The largest absolute Gasteiger partial charge is 0.457 e. The molecule has 1 amide bonds. The molecule has 2 aromatic carbocycles. The molecule has 0 saturated carbocycles. The topological polar surface area (TPSA) is 58.6 Å². The molecule has 22 heavy (non-hydrogen) atoms. The van der Waals surface area contributed by atoms with Gasteiger partial charge in [0.05, 0.1) is 0 Å². The monoisotopic (exact) mass is 299 g/mol. The van der Waals surface area contributed by atoms with Crippen LogP contribution >= 0.6 is 0 Å². The average molecular weight is 299 g/mol. The third kappa shape index (κ3) is 4.33. The summed E-state index contributed by atoms with van der Waals surface area (Å²) in [5.41, 5.74) is 0.533. The molecule has 2 atom stereocenters. The number of carbonyl (C=O) groups excluding carboxylic acids is 1. The summed E-state index contributed by atoms with van der Waals surface area (Å²) < 4.78 is 5.72. The first-order chi connectivity index (χ1) is 10.6. The van der Waals surface area contributed by atoms with Crippen LogP contribution in [-0.4, -0.2) is 23.7 Å². The Morgan fingerprint density at radius 3 is 2.45 bits per heavy atom. The molecule has 0 aliphatic rings. The van der Waals surface area contributed by atoms with E-state index in [1.54, 1.807) is 18.2 Å². The van der Waals surface area contributed by atoms with E-state index < -0.39 is 0 Å². The van der Waals surface area contributed by atoms with E-state index in [1.807, 2.05) is 50.2 Å². The molecular formula is C18H21NO3. The summed E-state index contributed by atoms with van der Waals surface area (Å²) in [6.07, 6.45) is 0. The number of nitrogens with one attached hydrogen (secondary N) is 1. The Morgan fingerprint density at radius 1 is 1.09 bits per heavy atom. The minimum absolute atomic E-state index is 0.00713. The van der Waals surface area contributed by atoms with Crippen molar-refractivity contribution in [2.45, 2.75) is 19.9 Å². The van der Waals surface area contributed by atoms with Gasteiger partial charge in [-0.25, -0.2) is 0 Å². The van der Waals surface area contributed by atoms with E-state index in [0.717, 1.165) is 5.75 Å². The van der Waals surface area contributed by atoms with Crippen molar-refractivity contribution in [2.75, 3.05) is 6.61 Å². The molecule has 116 valence electrons. The maximum absolute atomic E-state index is 12.2. The zero-order chi connectivity index (χ0) is 15.9. The Labute approximate surface area is 130 Å². The molecule has 0 aromatic heterocycles. The Bertz CT molecular complexity index is 613. The second-order valence-electron chi connectivity index (χ2n) is 5.36. The van der Waals surface area contributed by atoms with Crippen LogP contribution < -0.4 is 10.1 Å². The van der Waals surface area contributed by atoms with Gasteiger partial charge in [-0.1, -0.05) is 31.2 Å². The molecule has 0 saturated heterocycles. The molecular weight excluding hydrogens is 278 g/mol. The second kappa shape index (κ2) is 7.61. The SMILES string of the molecule is CC(CO)C(C)NC(=O)c1cccc(Oc2ccccc2)c1. The van der Waals surface area contributed by atoms with E-state index in [2.05, 4.69) is 5.32 Å². The lowest BCUT2D eigenvalue weighted by Crippen LogP contribution is -2.38. The van der Waals surface area contributed by atoms with Crippen molar-refractivity contribution < 1.29 is 14.6 Å². The molecule has 0 aliphatic carbocycles. The van der Waals surface area contributed by atoms with Gasteiger partial charge >= 0.3 is 0 Å².